The first-order valence-corrected chi connectivity index (χ1v) is 15.0. The smallest absolute Gasteiger partial charge is 0.756 e. The minimum absolute atomic E-state index is 0. The molecule has 1 aliphatic rings. The van der Waals surface area contributed by atoms with Gasteiger partial charge in [0.1, 0.15) is 35.7 Å². The summed E-state index contributed by atoms with van der Waals surface area (Å²) in [6, 6.07) is 7.11. The third-order valence-corrected chi connectivity index (χ3v) is 8.30. The molecule has 2 unspecified atom stereocenters. The summed E-state index contributed by atoms with van der Waals surface area (Å²) in [5, 5.41) is 2.73. The van der Waals surface area contributed by atoms with Crippen LogP contribution >= 0.6 is 19.6 Å². The van der Waals surface area contributed by atoms with E-state index in [4.69, 9.17) is 14.0 Å². The van der Waals surface area contributed by atoms with Crippen LogP contribution in [0.4, 0.5) is 18.9 Å². The molecule has 0 radical (unpaired) electrons. The summed E-state index contributed by atoms with van der Waals surface area (Å²) in [6.45, 7) is 4.89. The first-order valence-electron chi connectivity index (χ1n) is 12.5. The van der Waals surface area contributed by atoms with Crippen molar-refractivity contribution in [3.05, 3.63) is 95.9 Å². The molecule has 2 aromatic carbocycles. The van der Waals surface area contributed by atoms with Crippen LogP contribution in [0.15, 0.2) is 72.3 Å². The van der Waals surface area contributed by atoms with Crippen molar-refractivity contribution in [3.63, 3.8) is 0 Å². The number of hydrogen-bond donors (Lipinski definition) is 1. The van der Waals surface area contributed by atoms with Gasteiger partial charge >= 0.3 is 29.6 Å². The van der Waals surface area contributed by atoms with Crippen molar-refractivity contribution in [2.75, 3.05) is 13.2 Å². The van der Waals surface area contributed by atoms with Gasteiger partial charge in [0.15, 0.2) is 6.29 Å². The number of thioether (sulfide) groups is 1. The molecule has 0 amide bonds. The monoisotopic (exact) mass is 646 g/mol. The maximum atomic E-state index is 15.1. The van der Waals surface area contributed by atoms with Crippen LogP contribution in [0.5, 0.6) is 0 Å². The summed E-state index contributed by atoms with van der Waals surface area (Å²) in [7, 11) is -5.46. The predicted molar refractivity (Wildman–Crippen MR) is 149 cm³/mol. The standard InChI is InChI=1S/C27H28F3N4O6PS.Na/c1-18(27(40-41(35,36)37,15-34-17-32-16-33-34)23-10-8-20(28)11-25(23)30)42-22-13-38-26(39-14-22)6-4-3-5-19-7-9-21(31-2)12-24(19)29;/h3-12,16-18,22,26H,2,13-15H2,1H3,(H2,35,36,37);/q;+1/p-1/b5-3+,6-4+;/t18?,22?,26?,27-;/m1./s1. The molecule has 3 atom stereocenters. The molecule has 10 nitrogen and oxygen atoms in total. The molecule has 1 aliphatic heterocycles. The van der Waals surface area contributed by atoms with E-state index in [-0.39, 0.29) is 60.1 Å². The molecule has 1 fully saturated rings. The molecule has 16 heteroatoms. The van der Waals surface area contributed by atoms with Crippen molar-refractivity contribution in [1.29, 1.82) is 0 Å². The normalized spacial score (nSPS) is 20.8. The molecule has 1 N–H and O–H groups in total. The number of hydrogen-bond acceptors (Lipinski definition) is 9. The Labute approximate surface area is 272 Å². The van der Waals surface area contributed by atoms with Gasteiger partial charge in [0.2, 0.25) is 0 Å². The van der Waals surface area contributed by atoms with Crippen LogP contribution < -0.4 is 34.5 Å². The van der Waals surface area contributed by atoms with E-state index in [1.54, 1.807) is 43.4 Å². The fourth-order valence-corrected chi connectivity index (χ4v) is 6.49. The first kappa shape index (κ1) is 35.4. The van der Waals surface area contributed by atoms with E-state index in [0.29, 0.717) is 17.3 Å². The second kappa shape index (κ2) is 15.8. The summed E-state index contributed by atoms with van der Waals surface area (Å²) < 4.78 is 72.9. The van der Waals surface area contributed by atoms with Crippen molar-refractivity contribution < 1.29 is 71.1 Å². The molecule has 4 rings (SSSR count). The summed E-state index contributed by atoms with van der Waals surface area (Å²) in [4.78, 5) is 29.3. The van der Waals surface area contributed by atoms with Crippen molar-refractivity contribution >= 4 is 38.1 Å². The molecule has 3 aromatic rings. The van der Waals surface area contributed by atoms with E-state index in [9.17, 15) is 23.1 Å². The van der Waals surface area contributed by atoms with Crippen LogP contribution in [0.1, 0.15) is 18.1 Å². The first-order chi connectivity index (χ1) is 20.0. The van der Waals surface area contributed by atoms with Gasteiger partial charge < -0.3 is 23.8 Å². The fourth-order valence-electron chi connectivity index (χ4n) is 4.33. The summed E-state index contributed by atoms with van der Waals surface area (Å²) >= 11 is 1.17. The number of nitrogens with zero attached hydrogens (tertiary/aromatic N) is 4. The van der Waals surface area contributed by atoms with Crippen LogP contribution in [-0.4, -0.2) is 56.4 Å². The number of allylic oxidation sites excluding steroid dienone is 2. The van der Waals surface area contributed by atoms with Crippen molar-refractivity contribution in [1.82, 2.24) is 14.8 Å². The topological polar surface area (TPSA) is 131 Å². The van der Waals surface area contributed by atoms with E-state index >= 15 is 4.39 Å². The largest absolute Gasteiger partial charge is 1.00 e. The maximum absolute atomic E-state index is 15.1. The molecule has 1 saturated heterocycles. The van der Waals surface area contributed by atoms with Crippen LogP contribution in [0.2, 0.25) is 0 Å². The number of benzene rings is 2. The van der Waals surface area contributed by atoms with Gasteiger partial charge in [-0.05, 0) is 31.0 Å². The van der Waals surface area contributed by atoms with Gasteiger partial charge in [-0.15, -0.1) is 11.8 Å². The molecule has 0 bridgehead atoms. The average molecular weight is 647 g/mol. The van der Waals surface area contributed by atoms with Crippen LogP contribution in [0, 0.1) is 17.5 Å². The predicted octanol–water partition coefficient (Wildman–Crippen LogP) is 1.54. The quantitative estimate of drug-likeness (QED) is 0.135. The molecular formula is C27H27F3N4NaO6PS. The summed E-state index contributed by atoms with van der Waals surface area (Å²) in [5.74, 6) is -2.39. The van der Waals surface area contributed by atoms with Gasteiger partial charge in [0, 0.05) is 28.5 Å². The Hall–Kier alpha value is -2.10. The molecule has 43 heavy (non-hydrogen) atoms. The average Bonchev–Trinajstić information content (AvgIpc) is 3.44. The Morgan fingerprint density at radius 3 is 2.60 bits per heavy atom. The molecule has 2 heterocycles. The Morgan fingerprint density at radius 1 is 1.26 bits per heavy atom. The van der Waals surface area contributed by atoms with Crippen LogP contribution in [-0.2, 0) is 30.7 Å². The number of phosphoric ester groups is 1. The summed E-state index contributed by atoms with van der Waals surface area (Å²) in [5.41, 5.74) is -1.57. The third-order valence-electron chi connectivity index (χ3n) is 6.30. The Bertz CT molecular complexity index is 1490. The zero-order valence-corrected chi connectivity index (χ0v) is 27.0. The Balaban J connectivity index is 0.00000506. The SMILES string of the molecule is C=Nc1ccc(/C=C/C=C/C2OCC(SC(C)[C@@](Cn3cncn3)(OP(=O)([O-])O)c3ccc(F)cc3F)CO2)c(F)c1.[Na+]. The second-order valence-electron chi connectivity index (χ2n) is 9.21. The van der Waals surface area contributed by atoms with E-state index in [1.807, 2.05) is 0 Å². The van der Waals surface area contributed by atoms with Gasteiger partial charge in [-0.25, -0.2) is 22.8 Å². The molecular weight excluding hydrogens is 619 g/mol. The van der Waals surface area contributed by atoms with E-state index in [0.717, 1.165) is 12.1 Å². The van der Waals surface area contributed by atoms with Gasteiger partial charge in [-0.2, -0.15) is 5.10 Å². The van der Waals surface area contributed by atoms with Crippen molar-refractivity contribution in [3.8, 4) is 0 Å². The minimum Gasteiger partial charge on any atom is -0.756 e. The van der Waals surface area contributed by atoms with Gasteiger partial charge in [-0.3, -0.25) is 9.56 Å². The maximum Gasteiger partial charge on any atom is 1.00 e. The number of halogens is 3. The Morgan fingerprint density at radius 2 is 2.00 bits per heavy atom. The zero-order valence-electron chi connectivity index (χ0n) is 23.3. The van der Waals surface area contributed by atoms with Crippen molar-refractivity contribution in [2.45, 2.75) is 35.9 Å². The van der Waals surface area contributed by atoms with Crippen molar-refractivity contribution in [2.24, 2.45) is 4.99 Å². The number of ether oxygens (including phenoxy) is 2. The summed E-state index contributed by atoms with van der Waals surface area (Å²) in [6.07, 6.45) is 8.22. The number of phosphoric acid groups is 1. The fraction of sp³-hybridized carbons (Fsp3) is 0.296. The van der Waals surface area contributed by atoms with Gasteiger partial charge in [0.25, 0.3) is 7.82 Å². The van der Waals surface area contributed by atoms with E-state index in [2.05, 4.69) is 21.8 Å². The molecule has 0 saturated carbocycles. The Kier molecular flexibility index (Phi) is 13.0. The molecule has 224 valence electrons. The number of rotatable bonds is 12. The van der Waals surface area contributed by atoms with Crippen LogP contribution in [0.3, 0.4) is 0 Å². The zero-order chi connectivity index (χ0) is 30.3. The second-order valence-corrected chi connectivity index (χ2v) is 12.0. The van der Waals surface area contributed by atoms with E-state index in [1.165, 1.54) is 35.2 Å². The minimum atomic E-state index is -5.46. The van der Waals surface area contributed by atoms with E-state index < -0.39 is 42.4 Å². The molecule has 0 spiro atoms. The van der Waals surface area contributed by atoms with Gasteiger partial charge in [0.05, 0.1) is 30.7 Å². The molecule has 1 aromatic heterocycles. The van der Waals surface area contributed by atoms with Gasteiger partial charge in [-0.1, -0.05) is 31.2 Å². The molecule has 0 aliphatic carbocycles. The number of aromatic nitrogens is 3. The third kappa shape index (κ3) is 9.69. The van der Waals surface area contributed by atoms with Crippen LogP contribution in [0.25, 0.3) is 6.08 Å². The number of aliphatic imine (C=N–C) groups is 1.